The maximum atomic E-state index is 11.1. The summed E-state index contributed by atoms with van der Waals surface area (Å²) in [7, 11) is 0. The first-order chi connectivity index (χ1) is 8.71. The molecule has 0 unspecified atom stereocenters. The van der Waals surface area contributed by atoms with Crippen molar-refractivity contribution in [3.8, 4) is 0 Å². The number of aliphatic carboxylic acids is 1. The fourth-order valence-corrected chi connectivity index (χ4v) is 3.54. The molecular weight excluding hydrogens is 226 g/mol. The molecule has 2 aliphatic rings. The Labute approximate surface area is 107 Å². The van der Waals surface area contributed by atoms with E-state index < -0.39 is 5.97 Å². The maximum absolute atomic E-state index is 11.1. The number of fused-ring (bicyclic) bond motifs is 2. The van der Waals surface area contributed by atoms with Gasteiger partial charge in [0.1, 0.15) is 0 Å². The summed E-state index contributed by atoms with van der Waals surface area (Å²) in [6.07, 6.45) is 4.55. The molecular formula is C15H19NO2. The summed E-state index contributed by atoms with van der Waals surface area (Å²) < 4.78 is 0. The average molecular weight is 245 g/mol. The predicted octanol–water partition coefficient (Wildman–Crippen LogP) is 2.30. The second kappa shape index (κ2) is 4.39. The van der Waals surface area contributed by atoms with Gasteiger partial charge in [0, 0.05) is 12.1 Å². The Bertz CT molecular complexity index is 461. The van der Waals surface area contributed by atoms with E-state index in [0.717, 1.165) is 38.6 Å². The van der Waals surface area contributed by atoms with E-state index in [2.05, 4.69) is 29.6 Å². The molecule has 1 aromatic rings. The molecule has 1 saturated carbocycles. The largest absolute Gasteiger partial charge is 0.481 e. The summed E-state index contributed by atoms with van der Waals surface area (Å²) in [4.78, 5) is 11.1. The van der Waals surface area contributed by atoms with Gasteiger partial charge in [-0.3, -0.25) is 4.79 Å². The van der Waals surface area contributed by atoms with Gasteiger partial charge in [-0.2, -0.15) is 0 Å². The molecule has 1 aromatic carbocycles. The molecule has 0 bridgehead atoms. The van der Waals surface area contributed by atoms with Crippen LogP contribution in [0.2, 0.25) is 0 Å². The first kappa shape index (κ1) is 11.7. The smallest absolute Gasteiger partial charge is 0.306 e. The molecule has 18 heavy (non-hydrogen) atoms. The SMILES string of the molecule is O=C(O)C1CCC2(CC1)NCCc1ccccc12. The third kappa shape index (κ3) is 1.83. The summed E-state index contributed by atoms with van der Waals surface area (Å²) in [6.45, 7) is 1.01. The normalized spacial score (nSPS) is 31.0. The van der Waals surface area contributed by atoms with E-state index in [0.29, 0.717) is 0 Å². The van der Waals surface area contributed by atoms with Crippen molar-refractivity contribution >= 4 is 5.97 Å². The van der Waals surface area contributed by atoms with Crippen molar-refractivity contribution in [2.24, 2.45) is 5.92 Å². The van der Waals surface area contributed by atoms with E-state index in [-0.39, 0.29) is 11.5 Å². The number of carboxylic acids is 1. The zero-order valence-electron chi connectivity index (χ0n) is 10.5. The van der Waals surface area contributed by atoms with Crippen LogP contribution < -0.4 is 5.32 Å². The molecule has 0 amide bonds. The van der Waals surface area contributed by atoms with Gasteiger partial charge in [0.15, 0.2) is 0 Å². The average Bonchev–Trinajstić information content (AvgIpc) is 2.40. The molecule has 1 heterocycles. The van der Waals surface area contributed by atoms with Crippen LogP contribution in [0.15, 0.2) is 24.3 Å². The highest BCUT2D eigenvalue weighted by Gasteiger charge is 2.40. The Morgan fingerprint density at radius 3 is 2.72 bits per heavy atom. The van der Waals surface area contributed by atoms with Gasteiger partial charge in [0.05, 0.1) is 5.92 Å². The number of hydrogen-bond acceptors (Lipinski definition) is 2. The van der Waals surface area contributed by atoms with Gasteiger partial charge in [-0.1, -0.05) is 24.3 Å². The second-order valence-corrected chi connectivity index (χ2v) is 5.53. The molecule has 1 aliphatic heterocycles. The van der Waals surface area contributed by atoms with E-state index in [1.165, 1.54) is 11.1 Å². The van der Waals surface area contributed by atoms with Crippen LogP contribution in [-0.4, -0.2) is 17.6 Å². The third-order valence-corrected chi connectivity index (χ3v) is 4.58. The molecule has 0 atom stereocenters. The standard InChI is InChI=1S/C15H19NO2/c17-14(18)12-5-8-15(9-6-12)13-4-2-1-3-11(13)7-10-16-15/h1-4,12,16H,5-10H2,(H,17,18). The van der Waals surface area contributed by atoms with E-state index in [4.69, 9.17) is 5.11 Å². The first-order valence-corrected chi connectivity index (χ1v) is 6.77. The van der Waals surface area contributed by atoms with Crippen LogP contribution in [0.3, 0.4) is 0 Å². The van der Waals surface area contributed by atoms with Crippen molar-refractivity contribution in [3.05, 3.63) is 35.4 Å². The van der Waals surface area contributed by atoms with E-state index in [1.54, 1.807) is 0 Å². The monoisotopic (exact) mass is 245 g/mol. The molecule has 3 rings (SSSR count). The van der Waals surface area contributed by atoms with Crippen LogP contribution in [-0.2, 0) is 16.8 Å². The van der Waals surface area contributed by atoms with Gasteiger partial charge >= 0.3 is 5.97 Å². The first-order valence-electron chi connectivity index (χ1n) is 6.77. The van der Waals surface area contributed by atoms with Gasteiger partial charge in [0.2, 0.25) is 0 Å². The van der Waals surface area contributed by atoms with Crippen molar-refractivity contribution in [2.75, 3.05) is 6.54 Å². The van der Waals surface area contributed by atoms with Crippen molar-refractivity contribution in [1.82, 2.24) is 5.32 Å². The lowest BCUT2D eigenvalue weighted by Crippen LogP contribution is -2.50. The van der Waals surface area contributed by atoms with Gasteiger partial charge in [-0.05, 0) is 43.2 Å². The van der Waals surface area contributed by atoms with Gasteiger partial charge in [-0.15, -0.1) is 0 Å². The number of carboxylic acid groups (broad SMARTS) is 1. The summed E-state index contributed by atoms with van der Waals surface area (Å²) in [6, 6.07) is 8.61. The highest BCUT2D eigenvalue weighted by atomic mass is 16.4. The van der Waals surface area contributed by atoms with Crippen LogP contribution in [0.1, 0.15) is 36.8 Å². The van der Waals surface area contributed by atoms with Crippen molar-refractivity contribution in [3.63, 3.8) is 0 Å². The Balaban J connectivity index is 1.88. The highest BCUT2D eigenvalue weighted by Crippen LogP contribution is 2.42. The highest BCUT2D eigenvalue weighted by molar-refractivity contribution is 5.70. The third-order valence-electron chi connectivity index (χ3n) is 4.58. The summed E-state index contributed by atoms with van der Waals surface area (Å²) in [5, 5.41) is 12.8. The molecule has 0 saturated heterocycles. The molecule has 1 spiro atoms. The molecule has 3 nitrogen and oxygen atoms in total. The minimum atomic E-state index is -0.631. The number of benzene rings is 1. The topological polar surface area (TPSA) is 49.3 Å². The summed E-state index contributed by atoms with van der Waals surface area (Å²) in [5.74, 6) is -0.777. The minimum absolute atomic E-state index is 0.0425. The van der Waals surface area contributed by atoms with Crippen LogP contribution >= 0.6 is 0 Å². The van der Waals surface area contributed by atoms with E-state index in [1.807, 2.05) is 0 Å². The minimum Gasteiger partial charge on any atom is -0.481 e. The summed E-state index contributed by atoms with van der Waals surface area (Å²) in [5.41, 5.74) is 2.88. The van der Waals surface area contributed by atoms with E-state index in [9.17, 15) is 4.79 Å². The Hall–Kier alpha value is -1.35. The zero-order chi connectivity index (χ0) is 12.6. The Kier molecular flexibility index (Phi) is 2.86. The predicted molar refractivity (Wildman–Crippen MR) is 69.4 cm³/mol. The van der Waals surface area contributed by atoms with Gasteiger partial charge in [0.25, 0.3) is 0 Å². The molecule has 0 aromatic heterocycles. The zero-order valence-corrected chi connectivity index (χ0v) is 10.5. The van der Waals surface area contributed by atoms with Gasteiger partial charge in [-0.25, -0.2) is 0 Å². The number of carbonyl (C=O) groups is 1. The Morgan fingerprint density at radius 1 is 1.28 bits per heavy atom. The molecule has 2 N–H and O–H groups in total. The van der Waals surface area contributed by atoms with Crippen molar-refractivity contribution in [1.29, 1.82) is 0 Å². The van der Waals surface area contributed by atoms with Crippen LogP contribution in [0, 0.1) is 5.92 Å². The van der Waals surface area contributed by atoms with Gasteiger partial charge < -0.3 is 10.4 Å². The molecule has 1 aliphatic carbocycles. The van der Waals surface area contributed by atoms with Crippen molar-refractivity contribution < 1.29 is 9.90 Å². The number of nitrogens with one attached hydrogen (secondary N) is 1. The number of rotatable bonds is 1. The summed E-state index contributed by atoms with van der Waals surface area (Å²) >= 11 is 0. The van der Waals surface area contributed by atoms with Crippen LogP contribution in [0.4, 0.5) is 0 Å². The molecule has 1 fully saturated rings. The lowest BCUT2D eigenvalue weighted by molar-refractivity contribution is -0.143. The van der Waals surface area contributed by atoms with Crippen molar-refractivity contribution in [2.45, 2.75) is 37.6 Å². The van der Waals surface area contributed by atoms with Crippen LogP contribution in [0.25, 0.3) is 0 Å². The Morgan fingerprint density at radius 2 is 2.00 bits per heavy atom. The lowest BCUT2D eigenvalue weighted by Gasteiger charge is -2.44. The molecule has 96 valence electrons. The van der Waals surface area contributed by atoms with Crippen LogP contribution in [0.5, 0.6) is 0 Å². The fraction of sp³-hybridized carbons (Fsp3) is 0.533. The number of hydrogen-bond donors (Lipinski definition) is 2. The quantitative estimate of drug-likeness (QED) is 0.798. The maximum Gasteiger partial charge on any atom is 0.306 e. The van der Waals surface area contributed by atoms with E-state index >= 15 is 0 Å². The molecule has 0 radical (unpaired) electrons. The fourth-order valence-electron chi connectivity index (χ4n) is 3.54. The molecule has 3 heteroatoms. The second-order valence-electron chi connectivity index (χ2n) is 5.53. The lowest BCUT2D eigenvalue weighted by atomic mass is 9.70.